The van der Waals surface area contributed by atoms with E-state index in [9.17, 15) is 0 Å². The monoisotopic (exact) mass is 1500 g/mol. The van der Waals surface area contributed by atoms with Gasteiger partial charge in [0.05, 0.1) is 33.4 Å². The number of fused-ring (bicyclic) bond motifs is 9. The van der Waals surface area contributed by atoms with E-state index in [1.54, 1.807) is 0 Å². The maximum absolute atomic E-state index is 2.38. The average molecular weight is 1500 g/mol. The zero-order chi connectivity index (χ0) is 78.2. The van der Waals surface area contributed by atoms with Gasteiger partial charge in [0, 0.05) is 66.4 Å². The molecule has 0 spiro atoms. The van der Waals surface area contributed by atoms with Gasteiger partial charge in [0.1, 0.15) is 0 Å². The van der Waals surface area contributed by atoms with Crippen molar-refractivity contribution in [3.63, 3.8) is 0 Å². The van der Waals surface area contributed by atoms with Crippen molar-refractivity contribution in [2.45, 2.75) is 0 Å². The summed E-state index contributed by atoms with van der Waals surface area (Å²) < 4.78 is 4.73. The van der Waals surface area contributed by atoms with Gasteiger partial charge in [0.2, 0.25) is 0 Å². The van der Waals surface area contributed by atoms with Gasteiger partial charge in [-0.3, -0.25) is 0 Å². The number of anilines is 6. The molecular formula is C114H78N4. The molecule has 0 aliphatic carbocycles. The predicted molar refractivity (Wildman–Crippen MR) is 501 cm³/mol. The first-order chi connectivity index (χ1) is 58.5. The Morgan fingerprint density at radius 2 is 0.390 bits per heavy atom. The summed E-state index contributed by atoms with van der Waals surface area (Å²) in [7, 11) is 0. The smallest absolute Gasteiger partial charge is 0.0541 e. The highest BCUT2D eigenvalue weighted by Crippen LogP contribution is 2.45. The Hall–Kier alpha value is -15.6. The summed E-state index contributed by atoms with van der Waals surface area (Å²) in [6.45, 7) is 0. The van der Waals surface area contributed by atoms with Gasteiger partial charge in [-0.25, -0.2) is 0 Å². The van der Waals surface area contributed by atoms with Crippen molar-refractivity contribution in [2.75, 3.05) is 9.80 Å². The molecule has 22 rings (SSSR count). The molecule has 20 aromatic carbocycles. The number of nitrogens with zero attached hydrogens (tertiary/aromatic N) is 4. The second-order valence-corrected chi connectivity index (χ2v) is 30.3. The second-order valence-electron chi connectivity index (χ2n) is 30.3. The average Bonchev–Trinajstić information content (AvgIpc) is 1.66. The molecule has 4 heteroatoms. The molecule has 0 amide bonds. The lowest BCUT2D eigenvalue weighted by Gasteiger charge is -2.27. The van der Waals surface area contributed by atoms with E-state index in [0.29, 0.717) is 0 Å². The van der Waals surface area contributed by atoms with Gasteiger partial charge in [-0.05, 0) is 221 Å². The van der Waals surface area contributed by atoms with Crippen LogP contribution in [-0.4, -0.2) is 9.13 Å². The Balaban J connectivity index is 0.000000151. The molecule has 0 atom stereocenters. The van der Waals surface area contributed by atoms with Crippen molar-refractivity contribution in [2.24, 2.45) is 0 Å². The Morgan fingerprint density at radius 3 is 0.763 bits per heavy atom. The zero-order valence-electron chi connectivity index (χ0n) is 64.8. The van der Waals surface area contributed by atoms with Crippen LogP contribution in [0.2, 0.25) is 0 Å². The Bertz CT molecular complexity index is 7380. The highest BCUT2D eigenvalue weighted by Gasteiger charge is 2.21. The first kappa shape index (κ1) is 70.3. The summed E-state index contributed by atoms with van der Waals surface area (Å²) in [4.78, 5) is 4.75. The van der Waals surface area contributed by atoms with Gasteiger partial charge < -0.3 is 18.9 Å². The topological polar surface area (TPSA) is 16.3 Å². The van der Waals surface area contributed by atoms with Crippen LogP contribution in [0, 0.1) is 0 Å². The highest BCUT2D eigenvalue weighted by molar-refractivity contribution is 6.12. The van der Waals surface area contributed by atoms with Crippen LogP contribution in [0.25, 0.3) is 165 Å². The molecule has 0 saturated heterocycles. The third kappa shape index (κ3) is 13.3. The molecule has 118 heavy (non-hydrogen) atoms. The molecule has 554 valence electrons. The minimum Gasteiger partial charge on any atom is -0.310 e. The van der Waals surface area contributed by atoms with Crippen molar-refractivity contribution < 1.29 is 0 Å². The van der Waals surface area contributed by atoms with E-state index in [2.05, 4.69) is 492 Å². The van der Waals surface area contributed by atoms with Crippen molar-refractivity contribution in [3.05, 3.63) is 473 Å². The van der Waals surface area contributed by atoms with Crippen LogP contribution in [0.15, 0.2) is 473 Å². The highest BCUT2D eigenvalue weighted by atomic mass is 15.1. The van der Waals surface area contributed by atoms with E-state index in [4.69, 9.17) is 0 Å². The standard InChI is InChI=1S/C64H44N2.C50H34N2/c1-3-12-45(13-4-1)51-34-39-57(40-35-51)65(62-21-11-15-54-14-7-8-18-59(54)62)58-41-36-52(37-42-58)50-28-26-47(27-29-50)46-22-24-48(25-23-46)49-30-32-53(33-31-49)55-38-43-64-61(44-55)60-19-9-10-20-63(60)66(64)56-16-5-2-6-17-56;1-2-16-40(17-3-1)52-49-22-9-8-20-46(49)47-34-39(28-33-50(47)52)35-24-29-41(30-25-35)51(48-23-11-15-37-13-5-7-19-45(37)48)42-31-26-38(27-32-42)44-21-10-14-36-12-4-6-18-43(36)44/h1-44H;1-34H. The van der Waals surface area contributed by atoms with Gasteiger partial charge >= 0.3 is 0 Å². The molecule has 22 aromatic rings. The van der Waals surface area contributed by atoms with Gasteiger partial charge in [0.25, 0.3) is 0 Å². The Kier molecular flexibility index (Phi) is 18.3. The number of benzene rings is 20. The third-order valence-corrected chi connectivity index (χ3v) is 23.4. The molecule has 0 unspecified atom stereocenters. The minimum absolute atomic E-state index is 1.11. The van der Waals surface area contributed by atoms with E-state index in [1.807, 2.05) is 0 Å². The minimum atomic E-state index is 1.11. The summed E-state index contributed by atoms with van der Waals surface area (Å²) in [5.41, 5.74) is 30.8. The number of aromatic nitrogens is 2. The van der Waals surface area contributed by atoms with Gasteiger partial charge in [0.15, 0.2) is 0 Å². The fourth-order valence-corrected chi connectivity index (χ4v) is 17.5. The molecule has 4 nitrogen and oxygen atoms in total. The van der Waals surface area contributed by atoms with Crippen LogP contribution in [0.4, 0.5) is 34.1 Å². The van der Waals surface area contributed by atoms with Gasteiger partial charge in [-0.1, -0.05) is 352 Å². The van der Waals surface area contributed by atoms with E-state index >= 15 is 0 Å². The van der Waals surface area contributed by atoms with Crippen molar-refractivity contribution in [1.82, 2.24) is 9.13 Å². The van der Waals surface area contributed by atoms with E-state index in [0.717, 1.165) is 34.1 Å². The lowest BCUT2D eigenvalue weighted by molar-refractivity contribution is 1.18. The molecule has 0 N–H and O–H groups in total. The number of hydrogen-bond acceptors (Lipinski definition) is 2. The molecule has 2 heterocycles. The van der Waals surface area contributed by atoms with Crippen LogP contribution in [0.5, 0.6) is 0 Å². The van der Waals surface area contributed by atoms with Gasteiger partial charge in [-0.2, -0.15) is 0 Å². The molecule has 0 bridgehead atoms. The van der Waals surface area contributed by atoms with E-state index < -0.39 is 0 Å². The van der Waals surface area contributed by atoms with Crippen molar-refractivity contribution in [1.29, 1.82) is 0 Å². The number of para-hydroxylation sites is 4. The third-order valence-electron chi connectivity index (χ3n) is 23.4. The number of hydrogen-bond donors (Lipinski definition) is 0. The van der Waals surface area contributed by atoms with Crippen molar-refractivity contribution >= 4 is 110 Å². The van der Waals surface area contributed by atoms with Crippen LogP contribution >= 0.6 is 0 Å². The summed E-state index contributed by atoms with van der Waals surface area (Å²) in [6.07, 6.45) is 0. The molecule has 2 aromatic heterocycles. The van der Waals surface area contributed by atoms with E-state index in [-0.39, 0.29) is 0 Å². The normalized spacial score (nSPS) is 11.4. The Labute approximate surface area is 686 Å². The first-order valence-electron chi connectivity index (χ1n) is 40.5. The van der Waals surface area contributed by atoms with Crippen LogP contribution in [0.3, 0.4) is 0 Å². The molecule has 0 radical (unpaired) electrons. The molecule has 0 saturated carbocycles. The lowest BCUT2D eigenvalue weighted by Crippen LogP contribution is -2.10. The van der Waals surface area contributed by atoms with Gasteiger partial charge in [-0.15, -0.1) is 0 Å². The maximum atomic E-state index is 2.38. The lowest BCUT2D eigenvalue weighted by atomic mass is 9.96. The summed E-state index contributed by atoms with van der Waals surface area (Å²) >= 11 is 0. The zero-order valence-corrected chi connectivity index (χ0v) is 64.8. The van der Waals surface area contributed by atoms with Crippen molar-refractivity contribution in [3.8, 4) is 89.3 Å². The summed E-state index contributed by atoms with van der Waals surface area (Å²) in [5.74, 6) is 0. The van der Waals surface area contributed by atoms with Crippen LogP contribution < -0.4 is 9.80 Å². The van der Waals surface area contributed by atoms with E-state index in [1.165, 1.54) is 165 Å². The largest absolute Gasteiger partial charge is 0.310 e. The van der Waals surface area contributed by atoms with Crippen LogP contribution in [-0.2, 0) is 0 Å². The van der Waals surface area contributed by atoms with Crippen LogP contribution in [0.1, 0.15) is 0 Å². The molecule has 0 aliphatic rings. The summed E-state index contributed by atoms with van der Waals surface area (Å²) in [6, 6.07) is 171. The molecule has 0 fully saturated rings. The fourth-order valence-electron chi connectivity index (χ4n) is 17.5. The Morgan fingerprint density at radius 1 is 0.144 bits per heavy atom. The number of rotatable bonds is 15. The molecule has 0 aliphatic heterocycles. The SMILES string of the molecule is c1ccc(-c2ccc(N(c3ccc(-c4ccc(-c5ccc(-c6ccc(-c7ccc8c(c7)c7ccccc7n8-c7ccccc7)cc6)cc5)cc4)cc3)c3cccc4ccccc34)cc2)cc1.c1ccc(-n2c3ccccc3c3cc(-c4ccc(N(c5ccc(-c6cccc7ccccc67)cc5)c5cccc6ccccc56)cc4)ccc32)cc1. The second kappa shape index (κ2) is 30.7. The molecular weight excluding hydrogens is 1430 g/mol. The summed E-state index contributed by atoms with van der Waals surface area (Å²) in [5, 5.41) is 12.4. The fraction of sp³-hybridized carbons (Fsp3) is 0. The predicted octanol–water partition coefficient (Wildman–Crippen LogP) is 31.6. The first-order valence-corrected chi connectivity index (χ1v) is 40.5. The maximum Gasteiger partial charge on any atom is 0.0541 e. The quantitative estimate of drug-likeness (QED) is 0.102.